The van der Waals surface area contributed by atoms with E-state index in [1.807, 2.05) is 85.8 Å². The highest BCUT2D eigenvalue weighted by atomic mass is 16.3. The Bertz CT molecular complexity index is 1330. The molecule has 1 saturated heterocycles. The van der Waals surface area contributed by atoms with Gasteiger partial charge in [0.2, 0.25) is 0 Å². The van der Waals surface area contributed by atoms with Gasteiger partial charge in [0.15, 0.2) is 11.5 Å². The second kappa shape index (κ2) is 8.73. The molecule has 1 heterocycles. The van der Waals surface area contributed by atoms with Gasteiger partial charge in [0, 0.05) is 34.4 Å². The highest BCUT2D eigenvalue weighted by molar-refractivity contribution is 6.09. The first-order valence-corrected chi connectivity index (χ1v) is 11.4. The van der Waals surface area contributed by atoms with Crippen LogP contribution in [0.15, 0.2) is 114 Å². The molecule has 34 heavy (non-hydrogen) atoms. The van der Waals surface area contributed by atoms with E-state index in [-0.39, 0.29) is 18.2 Å². The molecule has 3 aromatic rings. The number of rotatable bonds is 5. The predicted octanol–water partition coefficient (Wildman–Crippen LogP) is 5.23. The normalized spacial score (nSPS) is 19.4. The fraction of sp³-hybridized carbons (Fsp3) is 0.133. The molecule has 1 atom stereocenters. The van der Waals surface area contributed by atoms with E-state index in [9.17, 15) is 14.7 Å². The minimum atomic E-state index is -1.58. The zero-order valence-electron chi connectivity index (χ0n) is 18.9. The number of carbonyl (C=O) groups excluding carboxylic acids is 2. The zero-order chi connectivity index (χ0) is 23.7. The summed E-state index contributed by atoms with van der Waals surface area (Å²) in [5.41, 5.74) is 3.30. The van der Waals surface area contributed by atoms with Crippen LogP contribution in [0.5, 0.6) is 0 Å². The molecule has 4 heteroatoms. The van der Waals surface area contributed by atoms with Crippen molar-refractivity contribution in [3.8, 4) is 0 Å². The Balaban J connectivity index is 1.50. The zero-order valence-corrected chi connectivity index (χ0v) is 18.9. The molecule has 0 aromatic heterocycles. The maximum Gasteiger partial charge on any atom is 0.257 e. The molecule has 0 spiro atoms. The molecule has 1 fully saturated rings. The molecule has 4 nitrogen and oxygen atoms in total. The van der Waals surface area contributed by atoms with Crippen molar-refractivity contribution in [1.29, 1.82) is 0 Å². The highest BCUT2D eigenvalue weighted by Gasteiger charge is 2.52. The van der Waals surface area contributed by atoms with Crippen LogP contribution < -0.4 is 0 Å². The molecule has 1 amide bonds. The van der Waals surface area contributed by atoms with E-state index in [2.05, 4.69) is 0 Å². The van der Waals surface area contributed by atoms with Crippen LogP contribution >= 0.6 is 0 Å². The van der Waals surface area contributed by atoms with Gasteiger partial charge in [0.25, 0.3) is 5.91 Å². The third kappa shape index (κ3) is 3.72. The second-order valence-electron chi connectivity index (χ2n) is 8.68. The van der Waals surface area contributed by atoms with E-state index in [0.29, 0.717) is 34.3 Å². The number of carbonyl (C=O) groups is 2. The van der Waals surface area contributed by atoms with Crippen molar-refractivity contribution in [3.63, 3.8) is 0 Å². The van der Waals surface area contributed by atoms with Crippen molar-refractivity contribution in [3.05, 3.63) is 142 Å². The number of likely N-dealkylation sites (tertiary alicyclic amines) is 1. The molecule has 1 N–H and O–H groups in total. The van der Waals surface area contributed by atoms with Crippen LogP contribution in [-0.4, -0.2) is 21.7 Å². The minimum absolute atomic E-state index is 0.0510. The molecule has 1 unspecified atom stereocenters. The largest absolute Gasteiger partial charge is 0.363 e. The number of hydrogen-bond acceptors (Lipinski definition) is 3. The Labute approximate surface area is 199 Å². The Hall–Kier alpha value is -4.02. The van der Waals surface area contributed by atoms with Gasteiger partial charge in [0.1, 0.15) is 0 Å². The average molecular weight is 448 g/mol. The molecule has 168 valence electrons. The number of allylic oxidation sites excluding steroid dienone is 4. The Morgan fingerprint density at radius 2 is 1.62 bits per heavy atom. The first-order valence-electron chi connectivity index (χ1n) is 11.4. The molecule has 5 rings (SSSR count). The van der Waals surface area contributed by atoms with Crippen molar-refractivity contribution in [1.82, 2.24) is 4.90 Å². The number of amides is 1. The second-order valence-corrected chi connectivity index (χ2v) is 8.68. The molecule has 1 aliphatic carbocycles. The summed E-state index contributed by atoms with van der Waals surface area (Å²) in [7, 11) is 0. The van der Waals surface area contributed by atoms with Crippen LogP contribution in [-0.2, 0) is 17.1 Å². The monoisotopic (exact) mass is 447 g/mol. The van der Waals surface area contributed by atoms with Gasteiger partial charge < -0.3 is 5.11 Å². The van der Waals surface area contributed by atoms with Crippen LogP contribution in [0.4, 0.5) is 0 Å². The SMILES string of the molecule is Cc1ccc(C2(O)C3=CC=CCC=C3C(=O)N2Cc2ccc(C(=O)c3ccccc3)cc2)cc1. The molecular weight excluding hydrogens is 422 g/mol. The third-order valence-corrected chi connectivity index (χ3v) is 6.44. The van der Waals surface area contributed by atoms with E-state index >= 15 is 0 Å². The van der Waals surface area contributed by atoms with E-state index in [0.717, 1.165) is 11.1 Å². The average Bonchev–Trinajstić information content (AvgIpc) is 3.04. The van der Waals surface area contributed by atoms with Crippen molar-refractivity contribution in [2.24, 2.45) is 0 Å². The van der Waals surface area contributed by atoms with Crippen LogP contribution in [0.25, 0.3) is 0 Å². The summed E-state index contributed by atoms with van der Waals surface area (Å²) < 4.78 is 0. The first-order chi connectivity index (χ1) is 16.5. The number of aliphatic hydroxyl groups is 1. The fourth-order valence-corrected chi connectivity index (χ4v) is 4.56. The lowest BCUT2D eigenvalue weighted by molar-refractivity contribution is -0.143. The maximum atomic E-state index is 13.5. The standard InChI is InChI=1S/C30H25NO3/c1-21-12-18-25(19-13-21)30(34)27-11-7-3-6-10-26(27)29(33)31(30)20-22-14-16-24(17-15-22)28(32)23-8-4-2-5-9-23/h2-5,7-19,34H,6,20H2,1H3. The Morgan fingerprint density at radius 1 is 0.941 bits per heavy atom. The summed E-state index contributed by atoms with van der Waals surface area (Å²) in [4.78, 5) is 27.8. The fourth-order valence-electron chi connectivity index (χ4n) is 4.56. The Kier molecular flexibility index (Phi) is 5.60. The van der Waals surface area contributed by atoms with Crippen LogP contribution in [0.3, 0.4) is 0 Å². The quantitative estimate of drug-likeness (QED) is 0.545. The lowest BCUT2D eigenvalue weighted by Gasteiger charge is -2.34. The van der Waals surface area contributed by atoms with Gasteiger partial charge in [-0.2, -0.15) is 0 Å². The third-order valence-electron chi connectivity index (χ3n) is 6.44. The van der Waals surface area contributed by atoms with Crippen LogP contribution in [0.2, 0.25) is 0 Å². The summed E-state index contributed by atoms with van der Waals surface area (Å²) in [5, 5.41) is 12.1. The molecule has 0 bridgehead atoms. The smallest absolute Gasteiger partial charge is 0.257 e. The first kappa shape index (κ1) is 21.8. The van der Waals surface area contributed by atoms with Gasteiger partial charge in [-0.1, -0.05) is 109 Å². The van der Waals surface area contributed by atoms with Crippen molar-refractivity contribution >= 4 is 11.7 Å². The summed E-state index contributed by atoms with van der Waals surface area (Å²) in [6, 6.07) is 24.0. The van der Waals surface area contributed by atoms with Gasteiger partial charge >= 0.3 is 0 Å². The van der Waals surface area contributed by atoms with E-state index in [1.54, 1.807) is 24.3 Å². The number of aryl methyl sites for hydroxylation is 1. The van der Waals surface area contributed by atoms with Crippen molar-refractivity contribution < 1.29 is 14.7 Å². The van der Waals surface area contributed by atoms with Gasteiger partial charge in [-0.05, 0) is 18.9 Å². The lowest BCUT2D eigenvalue weighted by Crippen LogP contribution is -2.43. The number of fused-ring (bicyclic) bond motifs is 1. The van der Waals surface area contributed by atoms with Crippen molar-refractivity contribution in [2.75, 3.05) is 0 Å². The van der Waals surface area contributed by atoms with E-state index in [1.165, 1.54) is 4.90 Å². The predicted molar refractivity (Wildman–Crippen MR) is 132 cm³/mol. The van der Waals surface area contributed by atoms with Gasteiger partial charge in [0.05, 0.1) is 0 Å². The maximum absolute atomic E-state index is 13.5. The molecular formula is C30H25NO3. The molecule has 2 aliphatic rings. The van der Waals surface area contributed by atoms with Gasteiger partial charge in [-0.3, -0.25) is 14.5 Å². The number of benzene rings is 3. The van der Waals surface area contributed by atoms with Gasteiger partial charge in [-0.15, -0.1) is 0 Å². The van der Waals surface area contributed by atoms with Crippen LogP contribution in [0, 0.1) is 6.92 Å². The summed E-state index contributed by atoms with van der Waals surface area (Å²) >= 11 is 0. The molecule has 0 radical (unpaired) electrons. The Morgan fingerprint density at radius 3 is 2.32 bits per heavy atom. The summed E-state index contributed by atoms with van der Waals surface area (Å²) in [5.74, 6) is -0.257. The number of ketones is 1. The molecule has 1 aliphatic heterocycles. The minimum Gasteiger partial charge on any atom is -0.363 e. The van der Waals surface area contributed by atoms with Gasteiger partial charge in [-0.25, -0.2) is 0 Å². The number of hydrogen-bond donors (Lipinski definition) is 1. The molecule has 0 saturated carbocycles. The topological polar surface area (TPSA) is 57.6 Å². The van der Waals surface area contributed by atoms with Crippen LogP contribution in [0.1, 0.15) is 39.0 Å². The van der Waals surface area contributed by atoms with Crippen molar-refractivity contribution in [2.45, 2.75) is 25.6 Å². The lowest BCUT2D eigenvalue weighted by atomic mass is 9.91. The molecule has 3 aromatic carbocycles. The van der Waals surface area contributed by atoms with E-state index in [4.69, 9.17) is 0 Å². The number of nitrogens with zero attached hydrogens (tertiary/aromatic N) is 1. The summed E-state index contributed by atoms with van der Waals surface area (Å²) in [6.07, 6.45) is 8.19. The highest BCUT2D eigenvalue weighted by Crippen LogP contribution is 2.46. The summed E-state index contributed by atoms with van der Waals surface area (Å²) in [6.45, 7) is 2.20. The van der Waals surface area contributed by atoms with E-state index < -0.39 is 5.72 Å².